The normalized spacial score (nSPS) is 10.5. The van der Waals surface area contributed by atoms with E-state index in [4.69, 9.17) is 10.5 Å². The third-order valence-electron chi connectivity index (χ3n) is 5.37. The molecule has 1 heterocycles. The summed E-state index contributed by atoms with van der Waals surface area (Å²) in [5.41, 5.74) is 0.172. The molecule has 0 aromatic carbocycles. The SMILES string of the molecule is CCCCCCCCCCCCCCCCCCSc1ccc(C=C(C#N)C#N)s1. The van der Waals surface area contributed by atoms with Crippen LogP contribution in [-0.4, -0.2) is 5.75 Å². The van der Waals surface area contributed by atoms with Crippen LogP contribution in [0.2, 0.25) is 0 Å². The smallest absolute Gasteiger partial charge is 0.131 e. The van der Waals surface area contributed by atoms with Crippen molar-refractivity contribution in [1.29, 1.82) is 10.5 Å². The molecule has 1 aromatic heterocycles. The molecular formula is C26H40N2S2. The molecule has 0 bridgehead atoms. The molecular weight excluding hydrogens is 404 g/mol. The largest absolute Gasteiger partial charge is 0.192 e. The van der Waals surface area contributed by atoms with E-state index in [0.29, 0.717) is 0 Å². The Morgan fingerprint density at radius 1 is 0.767 bits per heavy atom. The van der Waals surface area contributed by atoms with Gasteiger partial charge in [0.05, 0.1) is 4.21 Å². The van der Waals surface area contributed by atoms with Gasteiger partial charge in [0.1, 0.15) is 17.7 Å². The molecule has 0 radical (unpaired) electrons. The van der Waals surface area contributed by atoms with Crippen molar-refractivity contribution in [3.05, 3.63) is 22.6 Å². The molecule has 1 rings (SSSR count). The van der Waals surface area contributed by atoms with Crippen LogP contribution in [-0.2, 0) is 0 Å². The van der Waals surface area contributed by atoms with E-state index in [9.17, 15) is 0 Å². The molecule has 2 nitrogen and oxygen atoms in total. The summed E-state index contributed by atoms with van der Waals surface area (Å²) in [6.07, 6.45) is 24.2. The van der Waals surface area contributed by atoms with Gasteiger partial charge in [-0.3, -0.25) is 0 Å². The summed E-state index contributed by atoms with van der Waals surface area (Å²) in [5.74, 6) is 1.16. The second-order valence-electron chi connectivity index (χ2n) is 8.09. The molecule has 1 aromatic rings. The summed E-state index contributed by atoms with van der Waals surface area (Å²) in [4.78, 5) is 0.988. The fourth-order valence-corrected chi connectivity index (χ4v) is 5.71. The number of thioether (sulfide) groups is 1. The Morgan fingerprint density at radius 2 is 1.23 bits per heavy atom. The second-order valence-corrected chi connectivity index (χ2v) is 10.6. The average molecular weight is 445 g/mol. The van der Waals surface area contributed by atoms with Crippen molar-refractivity contribution in [2.75, 3.05) is 5.75 Å². The zero-order valence-corrected chi connectivity index (χ0v) is 20.6. The van der Waals surface area contributed by atoms with Crippen LogP contribution in [0.3, 0.4) is 0 Å². The number of hydrogen-bond donors (Lipinski definition) is 0. The first-order valence-electron chi connectivity index (χ1n) is 12.0. The molecule has 30 heavy (non-hydrogen) atoms. The Kier molecular flexibility index (Phi) is 17.6. The fourth-order valence-electron chi connectivity index (χ4n) is 3.54. The predicted molar refractivity (Wildman–Crippen MR) is 134 cm³/mol. The third kappa shape index (κ3) is 14.7. The lowest BCUT2D eigenvalue weighted by Gasteiger charge is -2.03. The van der Waals surface area contributed by atoms with E-state index in [2.05, 4.69) is 13.0 Å². The molecule has 0 aliphatic carbocycles. The maximum absolute atomic E-state index is 8.82. The Balaban J connectivity index is 1.86. The fraction of sp³-hybridized carbons (Fsp3) is 0.692. The Morgan fingerprint density at radius 3 is 1.70 bits per heavy atom. The first kappa shape index (κ1) is 26.8. The molecule has 0 atom stereocenters. The number of rotatable bonds is 19. The Bertz CT molecular complexity index is 633. The number of hydrogen-bond acceptors (Lipinski definition) is 4. The highest BCUT2D eigenvalue weighted by molar-refractivity contribution is 8.01. The van der Waals surface area contributed by atoms with Crippen molar-refractivity contribution in [3.8, 4) is 12.1 Å². The first-order chi connectivity index (χ1) is 14.8. The summed E-state index contributed by atoms with van der Waals surface area (Å²) in [5, 5.41) is 17.6. The molecule has 166 valence electrons. The van der Waals surface area contributed by atoms with Crippen LogP contribution in [0.5, 0.6) is 0 Å². The third-order valence-corrected chi connectivity index (χ3v) is 7.72. The summed E-state index contributed by atoms with van der Waals surface area (Å²) in [7, 11) is 0. The zero-order chi connectivity index (χ0) is 21.7. The van der Waals surface area contributed by atoms with Crippen LogP contribution in [0.4, 0.5) is 0 Å². The predicted octanol–water partition coefficient (Wildman–Crippen LogP) is 9.53. The zero-order valence-electron chi connectivity index (χ0n) is 19.0. The van der Waals surface area contributed by atoms with Gasteiger partial charge in [0.2, 0.25) is 0 Å². The van der Waals surface area contributed by atoms with Crippen molar-refractivity contribution in [3.63, 3.8) is 0 Å². The maximum Gasteiger partial charge on any atom is 0.131 e. The van der Waals surface area contributed by atoms with Crippen LogP contribution in [0, 0.1) is 22.7 Å². The molecule has 0 aliphatic heterocycles. The van der Waals surface area contributed by atoms with E-state index >= 15 is 0 Å². The van der Waals surface area contributed by atoms with Crippen LogP contribution >= 0.6 is 23.1 Å². The van der Waals surface area contributed by atoms with Crippen molar-refractivity contribution >= 4 is 29.2 Å². The van der Waals surface area contributed by atoms with Gasteiger partial charge in [0.25, 0.3) is 0 Å². The second kappa shape index (κ2) is 19.7. The van der Waals surface area contributed by atoms with E-state index in [0.717, 1.165) is 10.6 Å². The lowest BCUT2D eigenvalue weighted by Crippen LogP contribution is -1.84. The number of thiophene rings is 1. The maximum atomic E-state index is 8.82. The van der Waals surface area contributed by atoms with Gasteiger partial charge in [-0.2, -0.15) is 10.5 Å². The van der Waals surface area contributed by atoms with E-state index in [1.807, 2.05) is 30.0 Å². The van der Waals surface area contributed by atoms with Gasteiger partial charge in [-0.15, -0.1) is 23.1 Å². The lowest BCUT2D eigenvalue weighted by atomic mass is 10.0. The van der Waals surface area contributed by atoms with Gasteiger partial charge in [-0.1, -0.05) is 103 Å². The molecule has 0 aliphatic rings. The molecule has 0 spiro atoms. The Hall–Kier alpha value is -1.23. The molecule has 0 amide bonds. The van der Waals surface area contributed by atoms with Gasteiger partial charge >= 0.3 is 0 Å². The van der Waals surface area contributed by atoms with E-state index in [1.165, 1.54) is 107 Å². The van der Waals surface area contributed by atoms with Gasteiger partial charge in [0.15, 0.2) is 0 Å². The van der Waals surface area contributed by atoms with Crippen LogP contribution in [0.25, 0.3) is 6.08 Å². The van der Waals surface area contributed by atoms with Crippen molar-refractivity contribution in [2.24, 2.45) is 0 Å². The van der Waals surface area contributed by atoms with E-state index < -0.39 is 0 Å². The number of unbranched alkanes of at least 4 members (excludes halogenated alkanes) is 15. The standard InChI is InChI=1S/C26H40N2S2/c1-2-3-4-5-6-7-8-9-10-11-12-13-14-15-16-17-20-29-26-19-18-25(30-26)21-24(22-27)23-28/h18-19,21H,2-17,20H2,1H3. The number of allylic oxidation sites excluding steroid dienone is 1. The highest BCUT2D eigenvalue weighted by Crippen LogP contribution is 2.29. The van der Waals surface area contributed by atoms with E-state index in [1.54, 1.807) is 17.4 Å². The number of nitrogens with zero attached hydrogens (tertiary/aromatic N) is 2. The molecule has 0 fully saturated rings. The lowest BCUT2D eigenvalue weighted by molar-refractivity contribution is 0.532. The van der Waals surface area contributed by atoms with Gasteiger partial charge in [0, 0.05) is 4.88 Å². The summed E-state index contributed by atoms with van der Waals surface area (Å²) < 4.78 is 1.28. The van der Waals surface area contributed by atoms with Crippen LogP contribution < -0.4 is 0 Å². The molecule has 0 saturated heterocycles. The topological polar surface area (TPSA) is 47.6 Å². The summed E-state index contributed by atoms with van der Waals surface area (Å²) in [6.45, 7) is 2.28. The highest BCUT2D eigenvalue weighted by Gasteiger charge is 2.01. The summed E-state index contributed by atoms with van der Waals surface area (Å²) >= 11 is 3.56. The van der Waals surface area contributed by atoms with Crippen molar-refractivity contribution < 1.29 is 0 Å². The highest BCUT2D eigenvalue weighted by atomic mass is 32.2. The minimum atomic E-state index is 0.172. The molecule has 4 heteroatoms. The first-order valence-corrected chi connectivity index (χ1v) is 13.8. The molecule has 0 N–H and O–H groups in total. The quantitative estimate of drug-likeness (QED) is 0.121. The van der Waals surface area contributed by atoms with Crippen molar-refractivity contribution in [1.82, 2.24) is 0 Å². The van der Waals surface area contributed by atoms with Gasteiger partial charge in [-0.25, -0.2) is 0 Å². The van der Waals surface area contributed by atoms with Gasteiger partial charge in [-0.05, 0) is 30.4 Å². The average Bonchev–Trinajstić information content (AvgIpc) is 3.21. The monoisotopic (exact) mass is 444 g/mol. The van der Waals surface area contributed by atoms with Crippen LogP contribution in [0.1, 0.15) is 115 Å². The minimum absolute atomic E-state index is 0.172. The molecule has 0 saturated carbocycles. The summed E-state index contributed by atoms with van der Waals surface area (Å²) in [6, 6.07) is 7.92. The van der Waals surface area contributed by atoms with Crippen LogP contribution in [0.15, 0.2) is 21.9 Å². The van der Waals surface area contributed by atoms with Crippen molar-refractivity contribution in [2.45, 2.75) is 114 Å². The van der Waals surface area contributed by atoms with Gasteiger partial charge < -0.3 is 0 Å². The Labute approximate surface area is 193 Å². The molecule has 0 unspecified atom stereocenters. The minimum Gasteiger partial charge on any atom is -0.192 e. The number of nitriles is 2. The van der Waals surface area contributed by atoms with E-state index in [-0.39, 0.29) is 5.57 Å².